The first kappa shape index (κ1) is 27.6. The van der Waals surface area contributed by atoms with Crippen LogP contribution < -0.4 is 9.64 Å². The van der Waals surface area contributed by atoms with Crippen LogP contribution in [0.4, 0.5) is 36.4 Å². The Labute approximate surface area is 202 Å². The Bertz CT molecular complexity index is 1220. The van der Waals surface area contributed by atoms with Crippen molar-refractivity contribution in [1.29, 1.82) is 0 Å². The zero-order valence-electron chi connectivity index (χ0n) is 18.8. The minimum atomic E-state index is -4.70. The molecule has 3 rings (SSSR count). The van der Waals surface area contributed by atoms with Crippen molar-refractivity contribution >= 4 is 21.4 Å². The van der Waals surface area contributed by atoms with E-state index in [2.05, 4.69) is 0 Å². The first-order valence-corrected chi connectivity index (χ1v) is 12.4. The number of alkyl halides is 6. The Hall–Kier alpha value is -3.03. The Kier molecular flexibility index (Phi) is 7.77. The summed E-state index contributed by atoms with van der Waals surface area (Å²) in [5, 5.41) is 0. The summed E-state index contributed by atoms with van der Waals surface area (Å²) in [4.78, 5) is 15.6. The SMILES string of the molecule is CS(=O)(=O)c1ccc(OCCC(F)(F)F)c(C(=O)N2CCN(c3ccc(C(F)(F)F)cc3F)CC2)c1. The van der Waals surface area contributed by atoms with E-state index in [4.69, 9.17) is 4.74 Å². The van der Waals surface area contributed by atoms with Crippen LogP contribution in [0.25, 0.3) is 0 Å². The number of sulfone groups is 1. The lowest BCUT2D eigenvalue weighted by molar-refractivity contribution is -0.139. The van der Waals surface area contributed by atoms with Gasteiger partial charge < -0.3 is 14.5 Å². The molecular weight excluding hydrogens is 521 g/mol. The van der Waals surface area contributed by atoms with Gasteiger partial charge in [-0.3, -0.25) is 4.79 Å². The van der Waals surface area contributed by atoms with E-state index in [-0.39, 0.29) is 48.1 Å². The normalized spacial score (nSPS) is 15.2. The van der Waals surface area contributed by atoms with Gasteiger partial charge in [-0.2, -0.15) is 26.3 Å². The molecule has 6 nitrogen and oxygen atoms in total. The smallest absolute Gasteiger partial charge is 0.416 e. The molecule has 1 aliphatic rings. The average Bonchev–Trinajstić information content (AvgIpc) is 2.77. The summed E-state index contributed by atoms with van der Waals surface area (Å²) in [5.41, 5.74) is -1.47. The van der Waals surface area contributed by atoms with Crippen LogP contribution in [0.5, 0.6) is 5.75 Å². The van der Waals surface area contributed by atoms with E-state index < -0.39 is 52.5 Å². The predicted octanol–water partition coefficient (Wildman–Crippen LogP) is 4.54. The van der Waals surface area contributed by atoms with Gasteiger partial charge in [0.1, 0.15) is 11.6 Å². The Morgan fingerprint density at radius 1 is 0.972 bits per heavy atom. The summed E-state index contributed by atoms with van der Waals surface area (Å²) >= 11 is 0. The van der Waals surface area contributed by atoms with Gasteiger partial charge in [0, 0.05) is 32.4 Å². The molecule has 0 bridgehead atoms. The maximum absolute atomic E-state index is 14.3. The standard InChI is InChI=1S/C22H21F7N2O4S/c1-36(33,34)15-3-5-19(35-11-6-21(24,25)26)16(13-15)20(32)31-9-7-30(8-10-31)18-4-2-14(12-17(18)23)22(27,28)29/h2-5,12-13H,6-11H2,1H3. The van der Waals surface area contributed by atoms with Gasteiger partial charge in [-0.05, 0) is 36.4 Å². The quantitative estimate of drug-likeness (QED) is 0.502. The first-order valence-electron chi connectivity index (χ1n) is 10.5. The number of carbonyl (C=O) groups excluding carboxylic acids is 1. The van der Waals surface area contributed by atoms with Crippen LogP contribution in [0, 0.1) is 5.82 Å². The molecule has 1 saturated heterocycles. The molecule has 36 heavy (non-hydrogen) atoms. The maximum Gasteiger partial charge on any atom is 0.416 e. The van der Waals surface area contributed by atoms with E-state index in [0.717, 1.165) is 36.6 Å². The van der Waals surface area contributed by atoms with Crippen LogP contribution in [0.3, 0.4) is 0 Å². The van der Waals surface area contributed by atoms with E-state index in [1.807, 2.05) is 0 Å². The molecule has 0 unspecified atom stereocenters. The van der Waals surface area contributed by atoms with Crippen LogP contribution in [0.1, 0.15) is 22.3 Å². The number of benzene rings is 2. The zero-order valence-corrected chi connectivity index (χ0v) is 19.6. The van der Waals surface area contributed by atoms with E-state index in [1.54, 1.807) is 0 Å². The van der Waals surface area contributed by atoms with Gasteiger partial charge >= 0.3 is 12.4 Å². The van der Waals surface area contributed by atoms with Gasteiger partial charge in [-0.15, -0.1) is 0 Å². The molecule has 1 heterocycles. The van der Waals surface area contributed by atoms with E-state index in [0.29, 0.717) is 6.07 Å². The van der Waals surface area contributed by atoms with Crippen LogP contribution >= 0.6 is 0 Å². The highest BCUT2D eigenvalue weighted by Crippen LogP contribution is 2.33. The number of amides is 1. The van der Waals surface area contributed by atoms with Crippen molar-refractivity contribution in [3.63, 3.8) is 0 Å². The molecule has 0 aromatic heterocycles. The van der Waals surface area contributed by atoms with Gasteiger partial charge in [-0.1, -0.05) is 0 Å². The molecule has 198 valence electrons. The fraction of sp³-hybridized carbons (Fsp3) is 0.409. The number of carbonyl (C=O) groups is 1. The molecule has 2 aromatic rings. The number of anilines is 1. The number of hydrogen-bond acceptors (Lipinski definition) is 5. The van der Waals surface area contributed by atoms with Gasteiger partial charge in [-0.25, -0.2) is 12.8 Å². The molecule has 1 amide bonds. The summed E-state index contributed by atoms with van der Waals surface area (Å²) in [7, 11) is -3.75. The maximum atomic E-state index is 14.3. The molecule has 0 N–H and O–H groups in total. The van der Waals surface area contributed by atoms with Crippen molar-refractivity contribution in [1.82, 2.24) is 4.90 Å². The molecular formula is C22H21F7N2O4S. The van der Waals surface area contributed by atoms with E-state index in [1.165, 1.54) is 9.80 Å². The number of piperazine rings is 1. The summed E-state index contributed by atoms with van der Waals surface area (Å²) < 4.78 is 119. The second kappa shape index (κ2) is 10.1. The summed E-state index contributed by atoms with van der Waals surface area (Å²) in [6, 6.07) is 5.36. The van der Waals surface area contributed by atoms with Crippen molar-refractivity contribution in [2.24, 2.45) is 0 Å². The number of ether oxygens (including phenoxy) is 1. The molecule has 0 spiro atoms. The van der Waals surface area contributed by atoms with Crippen LogP contribution in [-0.4, -0.2) is 64.4 Å². The minimum absolute atomic E-state index is 0.00953. The molecule has 1 aliphatic heterocycles. The van der Waals surface area contributed by atoms with Crippen molar-refractivity contribution in [3.05, 3.63) is 53.3 Å². The fourth-order valence-electron chi connectivity index (χ4n) is 3.57. The Morgan fingerprint density at radius 2 is 1.61 bits per heavy atom. The lowest BCUT2D eigenvalue weighted by Gasteiger charge is -2.36. The third kappa shape index (κ3) is 6.80. The average molecular weight is 542 g/mol. The Balaban J connectivity index is 1.77. The lowest BCUT2D eigenvalue weighted by atomic mass is 10.1. The molecule has 2 aromatic carbocycles. The van der Waals surface area contributed by atoms with Gasteiger partial charge in [0.2, 0.25) is 0 Å². The third-order valence-corrected chi connectivity index (χ3v) is 6.55. The topological polar surface area (TPSA) is 66.9 Å². The number of halogens is 7. The number of nitrogens with zero attached hydrogens (tertiary/aromatic N) is 2. The van der Waals surface area contributed by atoms with Gasteiger partial charge in [0.25, 0.3) is 5.91 Å². The monoisotopic (exact) mass is 542 g/mol. The van der Waals surface area contributed by atoms with Crippen molar-refractivity contribution < 1.29 is 48.7 Å². The van der Waals surface area contributed by atoms with Crippen LogP contribution in [0.2, 0.25) is 0 Å². The van der Waals surface area contributed by atoms with Crippen molar-refractivity contribution in [3.8, 4) is 5.75 Å². The molecule has 14 heteroatoms. The van der Waals surface area contributed by atoms with Crippen molar-refractivity contribution in [2.75, 3.05) is 43.9 Å². The molecule has 0 radical (unpaired) electrons. The summed E-state index contributed by atoms with van der Waals surface area (Å²) in [6.07, 6.45) is -9.59. The predicted molar refractivity (Wildman–Crippen MR) is 115 cm³/mol. The Morgan fingerprint density at radius 3 is 2.14 bits per heavy atom. The molecule has 0 aliphatic carbocycles. The number of hydrogen-bond donors (Lipinski definition) is 0. The number of rotatable bonds is 6. The largest absolute Gasteiger partial charge is 0.492 e. The molecule has 1 fully saturated rings. The van der Waals surface area contributed by atoms with Crippen LogP contribution in [0.15, 0.2) is 41.3 Å². The summed E-state index contributed by atoms with van der Waals surface area (Å²) in [6.45, 7) is -0.716. The zero-order chi connectivity index (χ0) is 26.9. The molecule has 0 saturated carbocycles. The van der Waals surface area contributed by atoms with Crippen molar-refractivity contribution in [2.45, 2.75) is 23.7 Å². The highest BCUT2D eigenvalue weighted by atomic mass is 32.2. The van der Waals surface area contributed by atoms with E-state index in [9.17, 15) is 43.9 Å². The van der Waals surface area contributed by atoms with Crippen LogP contribution in [-0.2, 0) is 16.0 Å². The molecule has 0 atom stereocenters. The fourth-order valence-corrected chi connectivity index (χ4v) is 4.22. The van der Waals surface area contributed by atoms with Gasteiger partial charge in [0.05, 0.1) is 34.7 Å². The second-order valence-corrected chi connectivity index (χ2v) is 10.1. The van der Waals surface area contributed by atoms with E-state index >= 15 is 0 Å². The second-order valence-electron chi connectivity index (χ2n) is 8.09. The van der Waals surface area contributed by atoms with Gasteiger partial charge in [0.15, 0.2) is 9.84 Å². The summed E-state index contributed by atoms with van der Waals surface area (Å²) in [5.74, 6) is -2.02. The third-order valence-electron chi connectivity index (χ3n) is 5.44. The highest BCUT2D eigenvalue weighted by Gasteiger charge is 2.33. The lowest BCUT2D eigenvalue weighted by Crippen LogP contribution is -2.49. The highest BCUT2D eigenvalue weighted by molar-refractivity contribution is 7.90. The first-order chi connectivity index (χ1) is 16.6. The minimum Gasteiger partial charge on any atom is -0.492 e.